The van der Waals surface area contributed by atoms with E-state index in [1.54, 1.807) is 24.5 Å². The number of nitrogens with one attached hydrogen (secondary N) is 1. The highest BCUT2D eigenvalue weighted by molar-refractivity contribution is 5.90. The third-order valence-corrected chi connectivity index (χ3v) is 6.34. The van der Waals surface area contributed by atoms with Crippen LogP contribution in [0.2, 0.25) is 0 Å². The first kappa shape index (κ1) is 24.7. The van der Waals surface area contributed by atoms with Crippen molar-refractivity contribution in [1.82, 2.24) is 4.98 Å². The Hall–Kier alpha value is -3.46. The van der Waals surface area contributed by atoms with Crippen LogP contribution in [-0.2, 0) is 9.47 Å². The van der Waals surface area contributed by atoms with Gasteiger partial charge >= 0.3 is 5.97 Å². The number of morpholine rings is 1. The van der Waals surface area contributed by atoms with Crippen LogP contribution in [0, 0.1) is 0 Å². The monoisotopic (exact) mass is 479 g/mol. The smallest absolute Gasteiger partial charge is 0.338 e. The lowest BCUT2D eigenvalue weighted by Gasteiger charge is -2.32. The van der Waals surface area contributed by atoms with E-state index in [-0.39, 0.29) is 18.1 Å². The first-order chi connectivity index (χ1) is 17.1. The Bertz CT molecular complexity index is 1060. The Morgan fingerprint density at radius 2 is 2.00 bits per heavy atom. The number of hydrogen-bond acceptors (Lipinski definition) is 9. The molecule has 1 aromatic heterocycles. The average molecular weight is 480 g/mol. The number of nitrogens with zero attached hydrogens (tertiary/aromatic N) is 4. The number of esters is 1. The molecule has 1 aliphatic carbocycles. The molecule has 2 fully saturated rings. The molecule has 2 aliphatic rings. The number of aromatic nitrogens is 1. The van der Waals surface area contributed by atoms with Crippen LogP contribution < -0.4 is 15.0 Å². The van der Waals surface area contributed by atoms with Gasteiger partial charge in [0.15, 0.2) is 0 Å². The molecule has 0 radical (unpaired) electrons. The van der Waals surface area contributed by atoms with Crippen LogP contribution in [0.4, 0.5) is 22.9 Å². The number of pyridine rings is 1. The minimum Gasteiger partial charge on any atom is -0.488 e. The number of ether oxygens (including phenoxy) is 3. The summed E-state index contributed by atoms with van der Waals surface area (Å²) in [6.45, 7) is 8.73. The van der Waals surface area contributed by atoms with Gasteiger partial charge in [0.2, 0.25) is 0 Å². The highest BCUT2D eigenvalue weighted by Gasteiger charge is 2.25. The van der Waals surface area contributed by atoms with Crippen molar-refractivity contribution in [2.24, 2.45) is 9.98 Å². The van der Waals surface area contributed by atoms with Crippen molar-refractivity contribution in [2.45, 2.75) is 44.8 Å². The van der Waals surface area contributed by atoms with Crippen molar-refractivity contribution in [3.05, 3.63) is 36.0 Å². The first-order valence-electron chi connectivity index (χ1n) is 12.0. The molecule has 35 heavy (non-hydrogen) atoms. The van der Waals surface area contributed by atoms with Gasteiger partial charge in [0.1, 0.15) is 17.3 Å². The fourth-order valence-electron chi connectivity index (χ4n) is 4.54. The fourth-order valence-corrected chi connectivity index (χ4v) is 4.54. The van der Waals surface area contributed by atoms with E-state index in [9.17, 15) is 4.79 Å². The second kappa shape index (κ2) is 11.8. The van der Waals surface area contributed by atoms with Crippen LogP contribution in [0.5, 0.6) is 5.75 Å². The summed E-state index contributed by atoms with van der Waals surface area (Å²) in [5.41, 5.74) is 2.97. The lowest BCUT2D eigenvalue weighted by molar-refractivity contribution is 0.0600. The van der Waals surface area contributed by atoms with Crippen LogP contribution in [-0.4, -0.2) is 69.4 Å². The molecule has 4 rings (SSSR count). The number of carbonyl (C=O) groups is 1. The quantitative estimate of drug-likeness (QED) is 0.438. The van der Waals surface area contributed by atoms with E-state index in [2.05, 4.69) is 38.0 Å². The van der Waals surface area contributed by atoms with Gasteiger partial charge in [-0.15, -0.1) is 0 Å². The number of rotatable bonds is 8. The molecule has 2 aromatic rings. The summed E-state index contributed by atoms with van der Waals surface area (Å²) < 4.78 is 16.8. The minimum absolute atomic E-state index is 0.0707. The molecule has 9 heteroatoms. The zero-order valence-electron chi connectivity index (χ0n) is 20.4. The summed E-state index contributed by atoms with van der Waals surface area (Å²) in [6.07, 6.45) is 7.07. The Labute approximate surface area is 206 Å². The molecular weight excluding hydrogens is 446 g/mol. The molecule has 1 aromatic carbocycles. The second-order valence-corrected chi connectivity index (χ2v) is 8.61. The van der Waals surface area contributed by atoms with Crippen LogP contribution in [0.15, 0.2) is 40.4 Å². The molecule has 2 heterocycles. The third-order valence-electron chi connectivity index (χ3n) is 6.34. The lowest BCUT2D eigenvalue weighted by atomic mass is 9.93. The molecule has 1 aliphatic heterocycles. The number of anilines is 2. The summed E-state index contributed by atoms with van der Waals surface area (Å²) in [5.74, 6) is 1.02. The Morgan fingerprint density at radius 1 is 1.23 bits per heavy atom. The number of benzene rings is 1. The van der Waals surface area contributed by atoms with Gasteiger partial charge in [-0.2, -0.15) is 0 Å². The number of aliphatic imine (C=N–C) groups is 2. The number of carbonyl (C=O) groups excluding carboxylic acids is 1. The Morgan fingerprint density at radius 3 is 2.69 bits per heavy atom. The summed E-state index contributed by atoms with van der Waals surface area (Å²) in [4.78, 5) is 27.2. The maximum Gasteiger partial charge on any atom is 0.338 e. The second-order valence-electron chi connectivity index (χ2n) is 8.61. The maximum absolute atomic E-state index is 11.8. The molecule has 186 valence electrons. The van der Waals surface area contributed by atoms with Crippen molar-refractivity contribution >= 4 is 41.8 Å². The van der Waals surface area contributed by atoms with Crippen molar-refractivity contribution < 1.29 is 19.0 Å². The minimum atomic E-state index is -0.370. The van der Waals surface area contributed by atoms with Crippen LogP contribution >= 0.6 is 0 Å². The largest absolute Gasteiger partial charge is 0.488 e. The lowest BCUT2D eigenvalue weighted by Crippen LogP contribution is -2.36. The molecule has 9 nitrogen and oxygen atoms in total. The van der Waals surface area contributed by atoms with Gasteiger partial charge in [0.05, 0.1) is 37.7 Å². The van der Waals surface area contributed by atoms with Crippen molar-refractivity contribution in [3.8, 4) is 5.75 Å². The van der Waals surface area contributed by atoms with Crippen molar-refractivity contribution in [2.75, 3.05) is 43.6 Å². The maximum atomic E-state index is 11.8. The first-order valence-corrected chi connectivity index (χ1v) is 12.0. The highest BCUT2D eigenvalue weighted by Crippen LogP contribution is 2.43. The summed E-state index contributed by atoms with van der Waals surface area (Å²) >= 11 is 0. The molecule has 0 spiro atoms. The molecular formula is C26H33N5O4. The van der Waals surface area contributed by atoms with Gasteiger partial charge < -0.3 is 24.4 Å². The molecule has 0 unspecified atom stereocenters. The standard InChI is InChI=1S/C26H33N5O4/c1-4-28-22-16-20(31-11-13-34-14-12-31)17-23(25(22)27-2)35-21-7-5-19(6-8-21)30-24-15-18(9-10-29-24)26(32)33-3/h4,9-10,15-17,19,21H,2,5-8,11-14H2,1,3H3,(H,29,30)/b28-4-/t19-,21+. The van der Waals surface area contributed by atoms with Crippen molar-refractivity contribution in [1.29, 1.82) is 0 Å². The zero-order valence-corrected chi connectivity index (χ0v) is 20.4. The zero-order chi connectivity index (χ0) is 24.6. The molecule has 1 N–H and O–H groups in total. The Kier molecular flexibility index (Phi) is 8.31. The van der Waals surface area contributed by atoms with E-state index in [1.807, 2.05) is 13.0 Å². The third kappa shape index (κ3) is 6.16. The average Bonchev–Trinajstić information content (AvgIpc) is 2.90. The van der Waals surface area contributed by atoms with Crippen LogP contribution in [0.25, 0.3) is 0 Å². The van der Waals surface area contributed by atoms with E-state index in [4.69, 9.17) is 14.2 Å². The van der Waals surface area contributed by atoms with E-state index >= 15 is 0 Å². The normalized spacial score (nSPS) is 20.5. The van der Waals surface area contributed by atoms with E-state index in [0.717, 1.165) is 50.1 Å². The van der Waals surface area contributed by atoms with E-state index in [0.29, 0.717) is 36.0 Å². The summed E-state index contributed by atoms with van der Waals surface area (Å²) in [5, 5.41) is 3.44. The molecule has 0 atom stereocenters. The number of methoxy groups -OCH3 is 1. The highest BCUT2D eigenvalue weighted by atomic mass is 16.5. The Balaban J connectivity index is 1.43. The molecule has 0 bridgehead atoms. The fraction of sp³-hybridized carbons (Fsp3) is 0.462. The van der Waals surface area contributed by atoms with Crippen LogP contribution in [0.1, 0.15) is 43.0 Å². The topological polar surface area (TPSA) is 97.6 Å². The summed E-state index contributed by atoms with van der Waals surface area (Å²) in [6, 6.07) is 7.72. The van der Waals surface area contributed by atoms with E-state index < -0.39 is 0 Å². The van der Waals surface area contributed by atoms with Crippen molar-refractivity contribution in [3.63, 3.8) is 0 Å². The molecule has 1 saturated heterocycles. The van der Waals surface area contributed by atoms with E-state index in [1.165, 1.54) is 7.11 Å². The molecule has 0 amide bonds. The predicted molar refractivity (Wildman–Crippen MR) is 138 cm³/mol. The summed E-state index contributed by atoms with van der Waals surface area (Å²) in [7, 11) is 1.37. The predicted octanol–water partition coefficient (Wildman–Crippen LogP) is 4.56. The van der Waals surface area contributed by atoms with Gasteiger partial charge in [-0.1, -0.05) is 0 Å². The van der Waals surface area contributed by atoms with Gasteiger partial charge in [-0.05, 0) is 57.5 Å². The van der Waals surface area contributed by atoms with Gasteiger partial charge in [0.25, 0.3) is 0 Å². The van der Waals surface area contributed by atoms with Crippen LogP contribution in [0.3, 0.4) is 0 Å². The van der Waals surface area contributed by atoms with Gasteiger partial charge in [0, 0.05) is 43.3 Å². The molecule has 1 saturated carbocycles. The van der Waals surface area contributed by atoms with Gasteiger partial charge in [-0.3, -0.25) is 9.98 Å². The number of hydrogen-bond donors (Lipinski definition) is 1. The SMILES string of the molecule is C=Nc1c(/N=C\C)cc(N2CCOCC2)cc1O[C@H]1CC[C@@H](Nc2cc(C(=O)OC)ccn2)CC1. The van der Waals surface area contributed by atoms with Gasteiger partial charge in [-0.25, -0.2) is 9.78 Å².